The van der Waals surface area contributed by atoms with Crippen LogP contribution in [0.4, 0.5) is 0 Å². The summed E-state index contributed by atoms with van der Waals surface area (Å²) in [6.07, 6.45) is 0. The van der Waals surface area contributed by atoms with E-state index in [2.05, 4.69) is 13.8 Å². The molecule has 1 N–H and O–H groups in total. The fourth-order valence-electron chi connectivity index (χ4n) is 0.651. The van der Waals surface area contributed by atoms with Gasteiger partial charge in [0, 0.05) is 7.11 Å². The van der Waals surface area contributed by atoms with Crippen molar-refractivity contribution >= 4 is 17.7 Å². The van der Waals surface area contributed by atoms with Gasteiger partial charge in [-0.3, -0.25) is 4.79 Å². The molecule has 0 radical (unpaired) electrons. The normalized spacial score (nSPS) is 13.3. The maximum absolute atomic E-state index is 10.6. The number of methoxy groups -OCH3 is 1. The van der Waals surface area contributed by atoms with E-state index in [1.807, 2.05) is 0 Å². The summed E-state index contributed by atoms with van der Waals surface area (Å²) in [4.78, 5) is 10.6. The lowest BCUT2D eigenvalue weighted by atomic mass is 10.3. The molecule has 0 fully saturated rings. The first kappa shape index (κ1) is 11.8. The number of aliphatic carboxylic acids is 1. The Morgan fingerprint density at radius 2 is 2.17 bits per heavy atom. The molecular formula is C8H16O3S. The third kappa shape index (κ3) is 5.43. The molecule has 1 unspecified atom stereocenters. The standard InChI is InChI=1S/C8H16O3S/c1-6(2)5-12-7(4-11-3)8(9)10/h6-7H,4-5H2,1-3H3,(H,9,10). The number of carboxylic acids is 1. The van der Waals surface area contributed by atoms with Crippen LogP contribution < -0.4 is 0 Å². The summed E-state index contributed by atoms with van der Waals surface area (Å²) in [5.74, 6) is 0.594. The van der Waals surface area contributed by atoms with Crippen LogP contribution in [0.1, 0.15) is 13.8 Å². The number of hydrogen-bond donors (Lipinski definition) is 1. The smallest absolute Gasteiger partial charge is 0.319 e. The maximum atomic E-state index is 10.6. The predicted molar refractivity (Wildman–Crippen MR) is 50.6 cm³/mol. The van der Waals surface area contributed by atoms with Crippen LogP contribution in [-0.4, -0.2) is 35.8 Å². The molecule has 0 heterocycles. The molecule has 3 nitrogen and oxygen atoms in total. The summed E-state index contributed by atoms with van der Waals surface area (Å²) in [6, 6.07) is 0. The Labute approximate surface area is 77.5 Å². The number of carboxylic acid groups (broad SMARTS) is 1. The van der Waals surface area contributed by atoms with Crippen LogP contribution in [-0.2, 0) is 9.53 Å². The van der Waals surface area contributed by atoms with E-state index in [0.29, 0.717) is 5.92 Å². The molecule has 0 amide bonds. The van der Waals surface area contributed by atoms with Crippen molar-refractivity contribution in [2.75, 3.05) is 19.5 Å². The van der Waals surface area contributed by atoms with E-state index in [1.165, 1.54) is 18.9 Å². The summed E-state index contributed by atoms with van der Waals surface area (Å²) in [5.41, 5.74) is 0. The first-order valence-electron chi connectivity index (χ1n) is 3.91. The molecule has 0 aliphatic heterocycles. The van der Waals surface area contributed by atoms with Crippen molar-refractivity contribution in [2.24, 2.45) is 5.92 Å². The van der Waals surface area contributed by atoms with Crippen LogP contribution in [0.2, 0.25) is 0 Å². The Morgan fingerprint density at radius 3 is 2.50 bits per heavy atom. The first-order valence-corrected chi connectivity index (χ1v) is 4.96. The van der Waals surface area contributed by atoms with Crippen molar-refractivity contribution in [2.45, 2.75) is 19.1 Å². The van der Waals surface area contributed by atoms with Gasteiger partial charge in [0.2, 0.25) is 0 Å². The van der Waals surface area contributed by atoms with Gasteiger partial charge >= 0.3 is 5.97 Å². The van der Waals surface area contributed by atoms with Gasteiger partial charge in [-0.15, -0.1) is 11.8 Å². The van der Waals surface area contributed by atoms with E-state index in [4.69, 9.17) is 9.84 Å². The second-order valence-electron chi connectivity index (χ2n) is 3.01. The Kier molecular flexibility index (Phi) is 6.20. The van der Waals surface area contributed by atoms with Crippen LogP contribution >= 0.6 is 11.8 Å². The highest BCUT2D eigenvalue weighted by molar-refractivity contribution is 8.00. The Balaban J connectivity index is 3.71. The minimum absolute atomic E-state index is 0.284. The molecule has 4 heteroatoms. The summed E-state index contributed by atoms with van der Waals surface area (Å²) >= 11 is 1.44. The molecule has 0 aromatic carbocycles. The molecule has 0 saturated heterocycles. The highest BCUT2D eigenvalue weighted by Gasteiger charge is 2.17. The van der Waals surface area contributed by atoms with Crippen molar-refractivity contribution in [3.63, 3.8) is 0 Å². The minimum Gasteiger partial charge on any atom is -0.480 e. The summed E-state index contributed by atoms with van der Waals surface area (Å²) in [6.45, 7) is 4.42. The van der Waals surface area contributed by atoms with Crippen LogP contribution in [0.15, 0.2) is 0 Å². The van der Waals surface area contributed by atoms with Crippen molar-refractivity contribution in [1.82, 2.24) is 0 Å². The van der Waals surface area contributed by atoms with Gasteiger partial charge in [0.05, 0.1) is 6.61 Å². The zero-order valence-corrected chi connectivity index (χ0v) is 8.56. The van der Waals surface area contributed by atoms with Gasteiger partial charge in [0.1, 0.15) is 5.25 Å². The fraction of sp³-hybridized carbons (Fsp3) is 0.875. The van der Waals surface area contributed by atoms with E-state index in [0.717, 1.165) is 5.75 Å². The highest BCUT2D eigenvalue weighted by atomic mass is 32.2. The van der Waals surface area contributed by atoms with Crippen molar-refractivity contribution in [1.29, 1.82) is 0 Å². The molecule has 0 rings (SSSR count). The molecule has 1 atom stereocenters. The Bertz CT molecular complexity index is 136. The third-order valence-corrected chi connectivity index (χ3v) is 2.82. The first-order chi connectivity index (χ1) is 5.57. The SMILES string of the molecule is COCC(SCC(C)C)C(=O)O. The number of carbonyl (C=O) groups is 1. The van der Waals surface area contributed by atoms with Gasteiger partial charge in [-0.25, -0.2) is 0 Å². The second-order valence-corrected chi connectivity index (χ2v) is 4.25. The number of ether oxygens (including phenoxy) is 1. The van der Waals surface area contributed by atoms with Crippen molar-refractivity contribution in [3.8, 4) is 0 Å². The van der Waals surface area contributed by atoms with E-state index in [1.54, 1.807) is 0 Å². The van der Waals surface area contributed by atoms with Crippen LogP contribution in [0.25, 0.3) is 0 Å². The Hall–Kier alpha value is -0.220. The van der Waals surface area contributed by atoms with Gasteiger partial charge in [-0.05, 0) is 11.7 Å². The molecule has 0 aliphatic carbocycles. The van der Waals surface area contributed by atoms with Gasteiger partial charge in [-0.2, -0.15) is 0 Å². The number of hydrogen-bond acceptors (Lipinski definition) is 3. The largest absolute Gasteiger partial charge is 0.480 e. The average molecular weight is 192 g/mol. The lowest BCUT2D eigenvalue weighted by Gasteiger charge is -2.11. The minimum atomic E-state index is -0.789. The van der Waals surface area contributed by atoms with Crippen molar-refractivity contribution in [3.05, 3.63) is 0 Å². The van der Waals surface area contributed by atoms with Gasteiger partial charge in [0.15, 0.2) is 0 Å². The Morgan fingerprint density at radius 1 is 1.58 bits per heavy atom. The fourth-order valence-corrected chi connectivity index (χ4v) is 1.64. The van der Waals surface area contributed by atoms with Crippen LogP contribution in [0.3, 0.4) is 0 Å². The molecule has 0 aromatic heterocycles. The zero-order chi connectivity index (χ0) is 9.56. The molecule has 12 heavy (non-hydrogen) atoms. The van der Waals surface area contributed by atoms with E-state index < -0.39 is 11.2 Å². The van der Waals surface area contributed by atoms with Gasteiger partial charge in [-0.1, -0.05) is 13.8 Å². The number of thioether (sulfide) groups is 1. The van der Waals surface area contributed by atoms with Gasteiger partial charge < -0.3 is 9.84 Å². The van der Waals surface area contributed by atoms with Crippen LogP contribution in [0.5, 0.6) is 0 Å². The zero-order valence-electron chi connectivity index (χ0n) is 7.74. The second kappa shape index (κ2) is 6.31. The van der Waals surface area contributed by atoms with Crippen LogP contribution in [0, 0.1) is 5.92 Å². The van der Waals surface area contributed by atoms with Crippen molar-refractivity contribution < 1.29 is 14.6 Å². The molecule has 0 saturated carbocycles. The lowest BCUT2D eigenvalue weighted by molar-refractivity contribution is -0.137. The molecule has 0 aliphatic rings. The molecule has 72 valence electrons. The predicted octanol–water partition coefficient (Wildman–Crippen LogP) is 1.48. The van der Waals surface area contributed by atoms with E-state index in [-0.39, 0.29) is 6.61 Å². The lowest BCUT2D eigenvalue weighted by Crippen LogP contribution is -2.22. The number of rotatable bonds is 6. The molecular weight excluding hydrogens is 176 g/mol. The summed E-state index contributed by atoms with van der Waals surface area (Å²) in [7, 11) is 1.52. The maximum Gasteiger partial charge on any atom is 0.319 e. The van der Waals surface area contributed by atoms with Gasteiger partial charge in [0.25, 0.3) is 0 Å². The molecule has 0 aromatic rings. The topological polar surface area (TPSA) is 46.5 Å². The molecule has 0 spiro atoms. The molecule has 0 bridgehead atoms. The summed E-state index contributed by atoms with van der Waals surface area (Å²) in [5, 5.41) is 8.30. The third-order valence-electron chi connectivity index (χ3n) is 1.22. The highest BCUT2D eigenvalue weighted by Crippen LogP contribution is 2.15. The quantitative estimate of drug-likeness (QED) is 0.692. The van der Waals surface area contributed by atoms with E-state index >= 15 is 0 Å². The average Bonchev–Trinajstić information content (AvgIpc) is 1.96. The monoisotopic (exact) mass is 192 g/mol. The summed E-state index contributed by atoms with van der Waals surface area (Å²) < 4.78 is 4.80. The van der Waals surface area contributed by atoms with E-state index in [9.17, 15) is 4.79 Å².